The SMILES string of the molecule is CCOc1ccc2[nH]c(=O)c(CN(CCN3CCOCC3)C3(c4nnnn4C4CCCC4)CCCC3)cc2c1. The molecule has 6 rings (SSSR count). The summed E-state index contributed by atoms with van der Waals surface area (Å²) in [4.78, 5) is 21.5. The number of ether oxygens (including phenoxy) is 2. The van der Waals surface area contributed by atoms with Crippen LogP contribution in [0.15, 0.2) is 29.1 Å². The molecule has 3 aromatic rings. The lowest BCUT2D eigenvalue weighted by atomic mass is 9.92. The Balaban J connectivity index is 1.37. The van der Waals surface area contributed by atoms with Gasteiger partial charge in [-0.25, -0.2) is 4.68 Å². The summed E-state index contributed by atoms with van der Waals surface area (Å²) in [6.07, 6.45) is 9.01. The Morgan fingerprint density at radius 3 is 2.69 bits per heavy atom. The van der Waals surface area contributed by atoms with Crippen molar-refractivity contribution in [3.05, 3.63) is 46.0 Å². The maximum absolute atomic E-state index is 13.4. The van der Waals surface area contributed by atoms with E-state index in [1.54, 1.807) is 0 Å². The number of tetrazole rings is 1. The maximum atomic E-state index is 13.4. The molecular formula is C29H41N7O3. The first-order valence-electron chi connectivity index (χ1n) is 14.8. The van der Waals surface area contributed by atoms with Gasteiger partial charge >= 0.3 is 0 Å². The molecule has 0 bridgehead atoms. The van der Waals surface area contributed by atoms with Crippen LogP contribution in [0.3, 0.4) is 0 Å². The Hall–Kier alpha value is -2.82. The van der Waals surface area contributed by atoms with Crippen molar-refractivity contribution in [1.82, 2.24) is 35.0 Å². The molecule has 10 nitrogen and oxygen atoms in total. The Kier molecular flexibility index (Phi) is 7.95. The number of hydrogen-bond acceptors (Lipinski definition) is 8. The molecule has 3 aliphatic rings. The number of aromatic nitrogens is 5. The Morgan fingerprint density at radius 1 is 1.13 bits per heavy atom. The number of benzene rings is 1. The van der Waals surface area contributed by atoms with Crippen molar-refractivity contribution >= 4 is 10.9 Å². The summed E-state index contributed by atoms with van der Waals surface area (Å²) >= 11 is 0. The van der Waals surface area contributed by atoms with Crippen molar-refractivity contribution in [3.8, 4) is 5.75 Å². The molecule has 0 unspecified atom stereocenters. The van der Waals surface area contributed by atoms with Crippen LogP contribution in [0.1, 0.15) is 75.7 Å². The number of fused-ring (bicyclic) bond motifs is 1. The molecule has 210 valence electrons. The number of nitrogens with zero attached hydrogens (tertiary/aromatic N) is 6. The van der Waals surface area contributed by atoms with Gasteiger partial charge in [-0.05, 0) is 67.3 Å². The van der Waals surface area contributed by atoms with Crippen LogP contribution in [0.4, 0.5) is 0 Å². The van der Waals surface area contributed by atoms with Crippen molar-refractivity contribution in [2.45, 2.75) is 76.4 Å². The van der Waals surface area contributed by atoms with E-state index in [9.17, 15) is 4.79 Å². The van der Waals surface area contributed by atoms with Crippen molar-refractivity contribution < 1.29 is 9.47 Å². The molecule has 2 saturated carbocycles. The maximum Gasteiger partial charge on any atom is 0.252 e. The van der Waals surface area contributed by atoms with Gasteiger partial charge in [-0.2, -0.15) is 0 Å². The lowest BCUT2D eigenvalue weighted by molar-refractivity contribution is 0.0144. The van der Waals surface area contributed by atoms with Crippen LogP contribution in [0.2, 0.25) is 0 Å². The molecule has 2 aromatic heterocycles. The predicted molar refractivity (Wildman–Crippen MR) is 149 cm³/mol. The van der Waals surface area contributed by atoms with E-state index in [0.29, 0.717) is 19.2 Å². The minimum Gasteiger partial charge on any atom is -0.494 e. The van der Waals surface area contributed by atoms with Crippen LogP contribution >= 0.6 is 0 Å². The number of morpholine rings is 1. The number of nitrogens with one attached hydrogen (secondary N) is 1. The fourth-order valence-electron chi connectivity index (χ4n) is 6.88. The van der Waals surface area contributed by atoms with Gasteiger partial charge in [-0.3, -0.25) is 14.6 Å². The Morgan fingerprint density at radius 2 is 1.92 bits per heavy atom. The second-order valence-electron chi connectivity index (χ2n) is 11.3. The third-order valence-corrected chi connectivity index (χ3v) is 8.97. The third-order valence-electron chi connectivity index (χ3n) is 8.97. The van der Waals surface area contributed by atoms with E-state index >= 15 is 0 Å². The van der Waals surface area contributed by atoms with Gasteiger partial charge in [0.1, 0.15) is 5.75 Å². The van der Waals surface area contributed by atoms with Gasteiger partial charge in [0.25, 0.3) is 5.56 Å². The molecule has 2 aliphatic carbocycles. The number of hydrogen-bond donors (Lipinski definition) is 1. The second kappa shape index (κ2) is 11.7. The minimum absolute atomic E-state index is 0.0356. The molecule has 1 aliphatic heterocycles. The van der Waals surface area contributed by atoms with Crippen LogP contribution in [0.25, 0.3) is 10.9 Å². The van der Waals surface area contributed by atoms with Crippen molar-refractivity contribution in [2.75, 3.05) is 46.0 Å². The van der Waals surface area contributed by atoms with E-state index in [2.05, 4.69) is 29.9 Å². The topological polar surface area (TPSA) is 101 Å². The average molecular weight is 536 g/mol. The third kappa shape index (κ3) is 5.47. The van der Waals surface area contributed by atoms with Crippen LogP contribution < -0.4 is 10.3 Å². The minimum atomic E-state index is -0.285. The number of pyridine rings is 1. The molecule has 1 N–H and O–H groups in total. The van der Waals surface area contributed by atoms with Gasteiger partial charge in [0.2, 0.25) is 0 Å². The molecule has 3 fully saturated rings. The average Bonchev–Trinajstić information content (AvgIpc) is 3.74. The Labute approximate surface area is 229 Å². The number of H-pyrrole nitrogens is 1. The molecule has 0 amide bonds. The fourth-order valence-corrected chi connectivity index (χ4v) is 6.88. The van der Waals surface area contributed by atoms with Gasteiger partial charge in [0.15, 0.2) is 5.82 Å². The highest BCUT2D eigenvalue weighted by atomic mass is 16.5. The van der Waals surface area contributed by atoms with Crippen molar-refractivity contribution in [2.24, 2.45) is 0 Å². The molecule has 3 heterocycles. The molecule has 10 heteroatoms. The van der Waals surface area contributed by atoms with Crippen LogP contribution in [-0.2, 0) is 16.8 Å². The lowest BCUT2D eigenvalue weighted by Gasteiger charge is -2.42. The van der Waals surface area contributed by atoms with Crippen molar-refractivity contribution in [1.29, 1.82) is 0 Å². The highest BCUT2D eigenvalue weighted by Crippen LogP contribution is 2.45. The summed E-state index contributed by atoms with van der Waals surface area (Å²) in [5, 5.41) is 14.4. The van der Waals surface area contributed by atoms with Gasteiger partial charge in [0, 0.05) is 49.2 Å². The zero-order valence-corrected chi connectivity index (χ0v) is 23.1. The van der Waals surface area contributed by atoms with Crippen LogP contribution in [0, 0.1) is 0 Å². The summed E-state index contributed by atoms with van der Waals surface area (Å²) in [7, 11) is 0. The largest absolute Gasteiger partial charge is 0.494 e. The van der Waals surface area contributed by atoms with Gasteiger partial charge in [-0.1, -0.05) is 25.7 Å². The first-order valence-corrected chi connectivity index (χ1v) is 14.8. The normalized spacial score (nSPS) is 20.4. The highest BCUT2D eigenvalue weighted by Gasteiger charge is 2.46. The highest BCUT2D eigenvalue weighted by molar-refractivity contribution is 5.80. The number of rotatable bonds is 10. The van der Waals surface area contributed by atoms with Gasteiger partial charge < -0.3 is 14.5 Å². The Bertz CT molecular complexity index is 1300. The zero-order chi connectivity index (χ0) is 26.7. The van der Waals surface area contributed by atoms with E-state index in [-0.39, 0.29) is 11.1 Å². The van der Waals surface area contributed by atoms with E-state index in [1.807, 2.05) is 31.2 Å². The molecule has 1 aromatic carbocycles. The van der Waals surface area contributed by atoms with E-state index in [4.69, 9.17) is 14.6 Å². The van der Waals surface area contributed by atoms with E-state index in [0.717, 1.165) is 106 Å². The summed E-state index contributed by atoms with van der Waals surface area (Å²) in [5.41, 5.74) is 1.27. The van der Waals surface area contributed by atoms with Crippen LogP contribution in [0.5, 0.6) is 5.75 Å². The van der Waals surface area contributed by atoms with Gasteiger partial charge in [0.05, 0.1) is 31.4 Å². The fraction of sp³-hybridized carbons (Fsp3) is 0.655. The standard InChI is InChI=1S/C29H41N7O3/c1-2-39-25-9-10-26-22(20-25)19-23(27(37)30-26)21-35(14-13-34-15-17-38-18-16-34)29(11-5-6-12-29)28-31-32-33-36(28)24-7-3-4-8-24/h9-10,19-20,24H,2-8,11-18,21H2,1H3,(H,30,37). The summed E-state index contributed by atoms with van der Waals surface area (Å²) in [6.45, 7) is 8.34. The lowest BCUT2D eigenvalue weighted by Crippen LogP contribution is -2.50. The zero-order valence-electron chi connectivity index (χ0n) is 23.1. The first kappa shape index (κ1) is 26.4. The second-order valence-corrected chi connectivity index (χ2v) is 11.3. The summed E-state index contributed by atoms with van der Waals surface area (Å²) in [6, 6.07) is 8.26. The quantitative estimate of drug-likeness (QED) is 0.420. The van der Waals surface area contributed by atoms with Gasteiger partial charge in [-0.15, -0.1) is 5.10 Å². The first-order chi connectivity index (χ1) is 19.2. The summed E-state index contributed by atoms with van der Waals surface area (Å²) < 4.78 is 13.5. The van der Waals surface area contributed by atoms with Crippen LogP contribution in [-0.4, -0.2) is 81.0 Å². The van der Waals surface area contributed by atoms with Crippen molar-refractivity contribution in [3.63, 3.8) is 0 Å². The van der Waals surface area contributed by atoms with E-state index in [1.165, 1.54) is 12.8 Å². The predicted octanol–water partition coefficient (Wildman–Crippen LogP) is 3.63. The molecule has 0 spiro atoms. The number of aromatic amines is 1. The van der Waals surface area contributed by atoms with E-state index < -0.39 is 0 Å². The molecule has 39 heavy (non-hydrogen) atoms. The monoisotopic (exact) mass is 535 g/mol. The molecule has 1 saturated heterocycles. The molecule has 0 radical (unpaired) electrons. The molecule has 0 atom stereocenters. The summed E-state index contributed by atoms with van der Waals surface area (Å²) in [5.74, 6) is 1.81. The smallest absolute Gasteiger partial charge is 0.252 e. The molecular weight excluding hydrogens is 494 g/mol.